The molecule has 0 aromatic carbocycles. The molecule has 0 aromatic rings. The van der Waals surface area contributed by atoms with Crippen LogP contribution < -0.4 is 11.1 Å². The summed E-state index contributed by atoms with van der Waals surface area (Å²) in [6.07, 6.45) is 6.59. The quantitative estimate of drug-likeness (QED) is 0.512. The van der Waals surface area contributed by atoms with Gasteiger partial charge in [-0.3, -0.25) is 4.79 Å². The van der Waals surface area contributed by atoms with E-state index in [1.807, 2.05) is 0 Å². The van der Waals surface area contributed by atoms with Crippen molar-refractivity contribution in [1.82, 2.24) is 5.32 Å². The van der Waals surface area contributed by atoms with E-state index in [1.54, 1.807) is 0 Å². The number of hydrogen-bond acceptors (Lipinski definition) is 3. The van der Waals surface area contributed by atoms with Gasteiger partial charge in [0.1, 0.15) is 0 Å². The second-order valence-corrected chi connectivity index (χ2v) is 4.97. The largest absolute Gasteiger partial charge is 0.393 e. The Labute approximate surface area is 108 Å². The molecule has 0 aromatic heterocycles. The summed E-state index contributed by atoms with van der Waals surface area (Å²) < 4.78 is 5.46. The standard InChI is InChI=1S/C12H22N2O2S/c13-11(17)5-1-2-8-14-12(15)7-6-10-4-3-9-16-10/h10H,1-9H2,(H2,13,17)(H,14,15). The molecular formula is C12H22N2O2S. The predicted octanol–water partition coefficient (Wildman–Crippen LogP) is 1.52. The van der Waals surface area contributed by atoms with E-state index >= 15 is 0 Å². The van der Waals surface area contributed by atoms with Gasteiger partial charge in [-0.05, 0) is 38.5 Å². The Morgan fingerprint density at radius 2 is 2.24 bits per heavy atom. The van der Waals surface area contributed by atoms with E-state index in [4.69, 9.17) is 22.7 Å². The molecule has 0 saturated carbocycles. The number of unbranched alkanes of at least 4 members (excludes halogenated alkanes) is 1. The first kappa shape index (κ1) is 14.4. The third-order valence-corrected chi connectivity index (χ3v) is 3.09. The fourth-order valence-corrected chi connectivity index (χ4v) is 2.05. The molecule has 0 aliphatic carbocycles. The number of carbonyl (C=O) groups excluding carboxylic acids is 1. The van der Waals surface area contributed by atoms with Crippen molar-refractivity contribution in [3.8, 4) is 0 Å². The van der Waals surface area contributed by atoms with E-state index in [0.29, 0.717) is 24.1 Å². The number of nitrogens with two attached hydrogens (primary N) is 1. The lowest BCUT2D eigenvalue weighted by Crippen LogP contribution is -2.25. The van der Waals surface area contributed by atoms with Crippen molar-refractivity contribution in [2.24, 2.45) is 5.73 Å². The average molecular weight is 258 g/mol. The van der Waals surface area contributed by atoms with E-state index in [2.05, 4.69) is 5.32 Å². The number of thiocarbonyl (C=S) groups is 1. The zero-order chi connectivity index (χ0) is 12.5. The van der Waals surface area contributed by atoms with Crippen molar-refractivity contribution in [3.63, 3.8) is 0 Å². The number of carbonyl (C=O) groups is 1. The fourth-order valence-electron chi connectivity index (χ4n) is 1.90. The van der Waals surface area contributed by atoms with Crippen LogP contribution >= 0.6 is 12.2 Å². The Balaban J connectivity index is 1.92. The van der Waals surface area contributed by atoms with Gasteiger partial charge in [0.25, 0.3) is 0 Å². The Hall–Kier alpha value is -0.680. The molecule has 1 aliphatic heterocycles. The smallest absolute Gasteiger partial charge is 0.220 e. The number of rotatable bonds is 8. The van der Waals surface area contributed by atoms with Crippen molar-refractivity contribution in [2.75, 3.05) is 13.2 Å². The minimum atomic E-state index is 0.121. The average Bonchev–Trinajstić information content (AvgIpc) is 2.78. The summed E-state index contributed by atoms with van der Waals surface area (Å²) in [5.74, 6) is 0.121. The molecule has 5 heteroatoms. The van der Waals surface area contributed by atoms with E-state index in [1.165, 1.54) is 0 Å². The molecule has 98 valence electrons. The zero-order valence-corrected chi connectivity index (χ0v) is 11.1. The minimum absolute atomic E-state index is 0.121. The van der Waals surface area contributed by atoms with Crippen molar-refractivity contribution in [2.45, 2.75) is 51.0 Å². The summed E-state index contributed by atoms with van der Waals surface area (Å²) in [5, 5.41) is 2.90. The van der Waals surface area contributed by atoms with Crippen molar-refractivity contribution >= 4 is 23.1 Å². The van der Waals surface area contributed by atoms with Gasteiger partial charge in [-0.25, -0.2) is 0 Å². The molecule has 0 radical (unpaired) electrons. The van der Waals surface area contributed by atoms with E-state index < -0.39 is 0 Å². The van der Waals surface area contributed by atoms with Crippen LogP contribution in [0.5, 0.6) is 0 Å². The maximum Gasteiger partial charge on any atom is 0.220 e. The normalized spacial score (nSPS) is 19.2. The molecule has 1 heterocycles. The van der Waals surface area contributed by atoms with Gasteiger partial charge >= 0.3 is 0 Å². The van der Waals surface area contributed by atoms with Gasteiger partial charge in [0, 0.05) is 19.6 Å². The molecule has 1 aliphatic rings. The SMILES string of the molecule is NC(=S)CCCCNC(=O)CCC1CCCO1. The maximum absolute atomic E-state index is 11.5. The lowest BCUT2D eigenvalue weighted by Gasteiger charge is -2.09. The first-order chi connectivity index (χ1) is 8.18. The molecule has 1 fully saturated rings. The van der Waals surface area contributed by atoms with Crippen LogP contribution in [0.4, 0.5) is 0 Å². The molecule has 3 N–H and O–H groups in total. The molecule has 1 atom stereocenters. The monoisotopic (exact) mass is 258 g/mol. The summed E-state index contributed by atoms with van der Waals surface area (Å²) in [7, 11) is 0. The van der Waals surface area contributed by atoms with Crippen molar-refractivity contribution < 1.29 is 9.53 Å². The van der Waals surface area contributed by atoms with Crippen LogP contribution in [0.1, 0.15) is 44.9 Å². The second kappa shape index (κ2) is 8.42. The molecule has 1 rings (SSSR count). The fraction of sp³-hybridized carbons (Fsp3) is 0.833. The zero-order valence-electron chi connectivity index (χ0n) is 10.2. The Bertz CT molecular complexity index is 253. The van der Waals surface area contributed by atoms with Crippen LogP contribution in [-0.2, 0) is 9.53 Å². The minimum Gasteiger partial charge on any atom is -0.393 e. The summed E-state index contributed by atoms with van der Waals surface area (Å²) in [5.41, 5.74) is 5.38. The highest BCUT2D eigenvalue weighted by Gasteiger charge is 2.16. The first-order valence-electron chi connectivity index (χ1n) is 6.35. The number of nitrogens with one attached hydrogen (secondary N) is 1. The highest BCUT2D eigenvalue weighted by atomic mass is 32.1. The maximum atomic E-state index is 11.5. The molecular weight excluding hydrogens is 236 g/mol. The Kier molecular flexibility index (Phi) is 7.12. The number of amides is 1. The molecule has 1 amide bonds. The van der Waals surface area contributed by atoms with Gasteiger partial charge in [-0.15, -0.1) is 0 Å². The predicted molar refractivity (Wildman–Crippen MR) is 71.9 cm³/mol. The van der Waals surface area contributed by atoms with Crippen LogP contribution in [0.15, 0.2) is 0 Å². The third kappa shape index (κ3) is 7.28. The van der Waals surface area contributed by atoms with Gasteiger partial charge in [0.15, 0.2) is 0 Å². The highest BCUT2D eigenvalue weighted by Crippen LogP contribution is 2.16. The summed E-state index contributed by atoms with van der Waals surface area (Å²) in [6.45, 7) is 1.57. The second-order valence-electron chi connectivity index (χ2n) is 4.45. The van der Waals surface area contributed by atoms with Gasteiger partial charge in [0.05, 0.1) is 11.1 Å². The number of ether oxygens (including phenoxy) is 1. The lowest BCUT2D eigenvalue weighted by molar-refractivity contribution is -0.121. The third-order valence-electron chi connectivity index (χ3n) is 2.89. The van der Waals surface area contributed by atoms with Gasteiger partial charge in [0.2, 0.25) is 5.91 Å². The summed E-state index contributed by atoms with van der Waals surface area (Å²) in [4.78, 5) is 12.0. The van der Waals surface area contributed by atoms with Crippen LogP contribution in [0.3, 0.4) is 0 Å². The van der Waals surface area contributed by atoms with Gasteiger partial charge in [-0.2, -0.15) is 0 Å². The molecule has 1 unspecified atom stereocenters. The Morgan fingerprint density at radius 3 is 2.88 bits per heavy atom. The lowest BCUT2D eigenvalue weighted by atomic mass is 10.1. The topological polar surface area (TPSA) is 64.3 Å². The van der Waals surface area contributed by atoms with Crippen molar-refractivity contribution in [1.29, 1.82) is 0 Å². The van der Waals surface area contributed by atoms with Crippen LogP contribution in [-0.4, -0.2) is 30.2 Å². The van der Waals surface area contributed by atoms with Crippen LogP contribution in [0.2, 0.25) is 0 Å². The summed E-state index contributed by atoms with van der Waals surface area (Å²) >= 11 is 4.78. The van der Waals surface area contributed by atoms with E-state index in [-0.39, 0.29) is 5.91 Å². The molecule has 1 saturated heterocycles. The molecule has 0 bridgehead atoms. The van der Waals surface area contributed by atoms with E-state index in [9.17, 15) is 4.79 Å². The molecule has 17 heavy (non-hydrogen) atoms. The highest BCUT2D eigenvalue weighted by molar-refractivity contribution is 7.80. The van der Waals surface area contributed by atoms with Crippen LogP contribution in [0.25, 0.3) is 0 Å². The first-order valence-corrected chi connectivity index (χ1v) is 6.76. The summed E-state index contributed by atoms with van der Waals surface area (Å²) in [6, 6.07) is 0. The Morgan fingerprint density at radius 1 is 1.41 bits per heavy atom. The van der Waals surface area contributed by atoms with Gasteiger partial charge in [-0.1, -0.05) is 12.2 Å². The van der Waals surface area contributed by atoms with Crippen molar-refractivity contribution in [3.05, 3.63) is 0 Å². The number of hydrogen-bond donors (Lipinski definition) is 2. The van der Waals surface area contributed by atoms with E-state index in [0.717, 1.165) is 45.1 Å². The molecule has 0 spiro atoms. The van der Waals surface area contributed by atoms with Crippen LogP contribution in [0, 0.1) is 0 Å². The van der Waals surface area contributed by atoms with Gasteiger partial charge < -0.3 is 15.8 Å². The molecule has 4 nitrogen and oxygen atoms in total.